The number of nitrogens with two attached hydrogens (primary N) is 1. The van der Waals surface area contributed by atoms with E-state index >= 15 is 0 Å². The molecule has 0 bridgehead atoms. The zero-order valence-corrected chi connectivity index (χ0v) is 10.00. The molecule has 0 radical (unpaired) electrons. The van der Waals surface area contributed by atoms with Crippen molar-refractivity contribution >= 4 is 23.4 Å². The van der Waals surface area contributed by atoms with Crippen LogP contribution < -0.4 is 5.73 Å². The number of thioether (sulfide) groups is 1. The van der Waals surface area contributed by atoms with Gasteiger partial charge in [-0.05, 0) is 55.8 Å². The van der Waals surface area contributed by atoms with Crippen LogP contribution in [-0.4, -0.2) is 12.8 Å². The molecule has 1 aromatic rings. The second-order valence-electron chi connectivity index (χ2n) is 3.25. The Hall–Kier alpha value is -0.180. The molecular weight excluding hydrogens is 214 g/mol. The topological polar surface area (TPSA) is 26.0 Å². The third-order valence-corrected chi connectivity index (χ3v) is 3.01. The fourth-order valence-electron chi connectivity index (χ4n) is 1.36. The molecule has 0 aliphatic rings. The van der Waals surface area contributed by atoms with Crippen LogP contribution in [0.15, 0.2) is 23.1 Å². The van der Waals surface area contributed by atoms with Crippen LogP contribution in [0.4, 0.5) is 0 Å². The number of benzene rings is 1. The molecule has 1 aromatic carbocycles. The third-order valence-electron chi connectivity index (χ3n) is 2.09. The number of unbranched alkanes of at least 4 members (excludes halogenated alkanes) is 1. The van der Waals surface area contributed by atoms with Crippen LogP contribution in [0.2, 0.25) is 5.02 Å². The zero-order valence-electron chi connectivity index (χ0n) is 8.42. The summed E-state index contributed by atoms with van der Waals surface area (Å²) in [5.74, 6) is 0. The number of hydrogen-bond donors (Lipinski definition) is 1. The van der Waals surface area contributed by atoms with Crippen LogP contribution in [0.25, 0.3) is 0 Å². The predicted octanol–water partition coefficient (Wildman–Crippen LogP) is 3.34. The van der Waals surface area contributed by atoms with Crippen molar-refractivity contribution < 1.29 is 0 Å². The van der Waals surface area contributed by atoms with Gasteiger partial charge >= 0.3 is 0 Å². The summed E-state index contributed by atoms with van der Waals surface area (Å²) in [7, 11) is 0. The van der Waals surface area contributed by atoms with E-state index in [-0.39, 0.29) is 0 Å². The fourth-order valence-corrected chi connectivity index (χ4v) is 2.19. The predicted molar refractivity (Wildman–Crippen MR) is 65.2 cm³/mol. The summed E-state index contributed by atoms with van der Waals surface area (Å²) in [4.78, 5) is 1.24. The van der Waals surface area contributed by atoms with Crippen molar-refractivity contribution in [1.82, 2.24) is 0 Å². The summed E-state index contributed by atoms with van der Waals surface area (Å²) >= 11 is 7.73. The zero-order chi connectivity index (χ0) is 10.4. The third kappa shape index (κ3) is 3.91. The van der Waals surface area contributed by atoms with E-state index in [1.54, 1.807) is 11.8 Å². The van der Waals surface area contributed by atoms with Gasteiger partial charge in [-0.15, -0.1) is 11.8 Å². The van der Waals surface area contributed by atoms with Gasteiger partial charge in [0.15, 0.2) is 0 Å². The van der Waals surface area contributed by atoms with E-state index in [0.29, 0.717) is 0 Å². The Morgan fingerprint density at radius 3 is 2.71 bits per heavy atom. The van der Waals surface area contributed by atoms with E-state index in [9.17, 15) is 0 Å². The van der Waals surface area contributed by atoms with Crippen molar-refractivity contribution in [2.45, 2.75) is 24.2 Å². The quantitative estimate of drug-likeness (QED) is 0.619. The Balaban J connectivity index is 2.62. The lowest BCUT2D eigenvalue weighted by Gasteiger charge is -2.04. The van der Waals surface area contributed by atoms with Crippen molar-refractivity contribution in [1.29, 1.82) is 0 Å². The van der Waals surface area contributed by atoms with Crippen molar-refractivity contribution in [2.75, 3.05) is 12.8 Å². The standard InChI is InChI=1S/C11H16ClNS/c1-14-11-7-9(4-2-3-5-13)6-10(12)8-11/h6-8H,2-5,13H2,1H3. The van der Waals surface area contributed by atoms with Crippen molar-refractivity contribution in [2.24, 2.45) is 5.73 Å². The number of aryl methyl sites for hydroxylation is 1. The van der Waals surface area contributed by atoms with E-state index in [4.69, 9.17) is 17.3 Å². The van der Waals surface area contributed by atoms with Gasteiger partial charge in [0.25, 0.3) is 0 Å². The van der Waals surface area contributed by atoms with E-state index < -0.39 is 0 Å². The van der Waals surface area contributed by atoms with Crippen LogP contribution in [-0.2, 0) is 6.42 Å². The highest BCUT2D eigenvalue weighted by Crippen LogP contribution is 2.22. The summed E-state index contributed by atoms with van der Waals surface area (Å²) in [6.07, 6.45) is 5.37. The van der Waals surface area contributed by atoms with Gasteiger partial charge in [0.1, 0.15) is 0 Å². The monoisotopic (exact) mass is 229 g/mol. The van der Waals surface area contributed by atoms with E-state index in [1.165, 1.54) is 10.5 Å². The second-order valence-corrected chi connectivity index (χ2v) is 4.56. The SMILES string of the molecule is CSc1cc(Cl)cc(CCCCN)c1. The Morgan fingerprint density at radius 1 is 1.29 bits per heavy atom. The molecule has 78 valence electrons. The highest BCUT2D eigenvalue weighted by Gasteiger charge is 1.98. The van der Waals surface area contributed by atoms with Gasteiger partial charge < -0.3 is 5.73 Å². The maximum absolute atomic E-state index is 6.00. The molecule has 0 aliphatic heterocycles. The summed E-state index contributed by atoms with van der Waals surface area (Å²) in [5.41, 5.74) is 6.76. The van der Waals surface area contributed by atoms with Crippen molar-refractivity contribution in [3.8, 4) is 0 Å². The highest BCUT2D eigenvalue weighted by atomic mass is 35.5. The first-order chi connectivity index (χ1) is 6.76. The lowest BCUT2D eigenvalue weighted by atomic mass is 10.1. The maximum Gasteiger partial charge on any atom is 0.0419 e. The second kappa shape index (κ2) is 6.33. The molecule has 0 saturated carbocycles. The molecule has 0 saturated heterocycles. The minimum atomic E-state index is 0.774. The molecule has 0 heterocycles. The van der Waals surface area contributed by atoms with E-state index in [0.717, 1.165) is 30.8 Å². The average molecular weight is 230 g/mol. The summed E-state index contributed by atoms with van der Waals surface area (Å²) in [6.45, 7) is 0.774. The molecule has 3 heteroatoms. The molecule has 0 aliphatic carbocycles. The lowest BCUT2D eigenvalue weighted by Crippen LogP contribution is -1.99. The minimum absolute atomic E-state index is 0.774. The molecule has 14 heavy (non-hydrogen) atoms. The minimum Gasteiger partial charge on any atom is -0.330 e. The molecule has 0 amide bonds. The molecular formula is C11H16ClNS. The first-order valence-corrected chi connectivity index (χ1v) is 6.40. The molecule has 0 atom stereocenters. The molecule has 0 spiro atoms. The first-order valence-electron chi connectivity index (χ1n) is 4.80. The van der Waals surface area contributed by atoms with Crippen LogP contribution in [0, 0.1) is 0 Å². The maximum atomic E-state index is 6.00. The van der Waals surface area contributed by atoms with Gasteiger partial charge in [-0.25, -0.2) is 0 Å². The average Bonchev–Trinajstić information content (AvgIpc) is 2.17. The number of hydrogen-bond acceptors (Lipinski definition) is 2. The lowest BCUT2D eigenvalue weighted by molar-refractivity contribution is 0.744. The van der Waals surface area contributed by atoms with Crippen LogP contribution in [0.5, 0.6) is 0 Å². The molecule has 2 N–H and O–H groups in total. The van der Waals surface area contributed by atoms with Gasteiger partial charge in [0, 0.05) is 9.92 Å². The Kier molecular flexibility index (Phi) is 5.38. The smallest absolute Gasteiger partial charge is 0.0419 e. The van der Waals surface area contributed by atoms with Crippen LogP contribution >= 0.6 is 23.4 Å². The molecule has 1 rings (SSSR count). The van der Waals surface area contributed by atoms with E-state index in [1.807, 2.05) is 12.1 Å². The Labute approximate surface area is 95.0 Å². The van der Waals surface area contributed by atoms with E-state index in [2.05, 4.69) is 12.3 Å². The normalized spacial score (nSPS) is 10.5. The van der Waals surface area contributed by atoms with Gasteiger partial charge in [-0.1, -0.05) is 11.6 Å². The van der Waals surface area contributed by atoms with Gasteiger partial charge in [-0.3, -0.25) is 0 Å². The molecule has 0 unspecified atom stereocenters. The number of halogens is 1. The van der Waals surface area contributed by atoms with Gasteiger partial charge in [0.2, 0.25) is 0 Å². The van der Waals surface area contributed by atoms with Crippen LogP contribution in [0.3, 0.4) is 0 Å². The Bertz CT molecular complexity index is 289. The molecule has 0 fully saturated rings. The fraction of sp³-hybridized carbons (Fsp3) is 0.455. The number of rotatable bonds is 5. The molecule has 0 aromatic heterocycles. The Morgan fingerprint density at radius 2 is 2.07 bits per heavy atom. The summed E-state index contributed by atoms with van der Waals surface area (Å²) < 4.78 is 0. The largest absolute Gasteiger partial charge is 0.330 e. The summed E-state index contributed by atoms with van der Waals surface area (Å²) in [5, 5.41) is 0.833. The van der Waals surface area contributed by atoms with Crippen LogP contribution in [0.1, 0.15) is 18.4 Å². The first kappa shape index (κ1) is 11.9. The van der Waals surface area contributed by atoms with Crippen molar-refractivity contribution in [3.63, 3.8) is 0 Å². The van der Waals surface area contributed by atoms with Crippen molar-refractivity contribution in [3.05, 3.63) is 28.8 Å². The molecule has 1 nitrogen and oxygen atoms in total. The van der Waals surface area contributed by atoms with Gasteiger partial charge in [0.05, 0.1) is 0 Å². The highest BCUT2D eigenvalue weighted by molar-refractivity contribution is 7.98. The summed E-state index contributed by atoms with van der Waals surface area (Å²) in [6, 6.07) is 6.24. The van der Waals surface area contributed by atoms with Gasteiger partial charge in [-0.2, -0.15) is 0 Å².